The number of rotatable bonds is 3. The molecule has 7 nitrogen and oxygen atoms in total. The van der Waals surface area contributed by atoms with Crippen molar-refractivity contribution in [2.45, 2.75) is 25.3 Å². The molecule has 0 aromatic carbocycles. The van der Waals surface area contributed by atoms with Crippen molar-refractivity contribution in [3.05, 3.63) is 17.5 Å². The number of carbonyl (C=O) groups excluding carboxylic acids is 2. The van der Waals surface area contributed by atoms with Crippen molar-refractivity contribution in [2.75, 3.05) is 25.0 Å². The first-order chi connectivity index (χ1) is 11.0. The van der Waals surface area contributed by atoms with E-state index in [0.717, 1.165) is 5.00 Å². The summed E-state index contributed by atoms with van der Waals surface area (Å²) >= 11 is 1.47. The first kappa shape index (κ1) is 15.8. The van der Waals surface area contributed by atoms with E-state index in [1.807, 2.05) is 17.5 Å². The average molecular weight is 337 g/mol. The third-order valence-corrected chi connectivity index (χ3v) is 5.24. The Morgan fingerprint density at radius 1 is 1.30 bits per heavy atom. The van der Waals surface area contributed by atoms with E-state index in [9.17, 15) is 14.4 Å². The number of amides is 3. The zero-order chi connectivity index (χ0) is 16.4. The number of piperidine rings is 1. The molecule has 8 heteroatoms. The molecule has 0 radical (unpaired) electrons. The van der Waals surface area contributed by atoms with Crippen LogP contribution in [0.2, 0.25) is 0 Å². The Bertz CT molecular complexity index is 596. The molecule has 0 saturated carbocycles. The number of carbonyl (C=O) groups is 3. The van der Waals surface area contributed by atoms with Crippen molar-refractivity contribution in [3.63, 3.8) is 0 Å². The van der Waals surface area contributed by atoms with Gasteiger partial charge in [-0.1, -0.05) is 0 Å². The summed E-state index contributed by atoms with van der Waals surface area (Å²) in [6.07, 6.45) is 1.47. The van der Waals surface area contributed by atoms with Crippen LogP contribution in [0.3, 0.4) is 0 Å². The molecule has 2 aliphatic heterocycles. The first-order valence-electron chi connectivity index (χ1n) is 7.66. The second-order valence-corrected chi connectivity index (χ2v) is 6.86. The molecule has 2 fully saturated rings. The summed E-state index contributed by atoms with van der Waals surface area (Å²) in [5.74, 6) is -1.59. The molecule has 3 rings (SSSR count). The van der Waals surface area contributed by atoms with E-state index in [1.165, 1.54) is 11.3 Å². The maximum absolute atomic E-state index is 12.2. The van der Waals surface area contributed by atoms with Gasteiger partial charge >= 0.3 is 12.0 Å². The normalized spacial score (nSPS) is 22.4. The van der Waals surface area contributed by atoms with Crippen LogP contribution in [0.15, 0.2) is 17.5 Å². The number of nitrogens with one attached hydrogen (secondary N) is 1. The van der Waals surface area contributed by atoms with Gasteiger partial charge in [0.15, 0.2) is 0 Å². The summed E-state index contributed by atoms with van der Waals surface area (Å²) in [5, 5.41) is 14.6. The number of hydrogen-bond acceptors (Lipinski definition) is 4. The average Bonchev–Trinajstić information content (AvgIpc) is 3.17. The zero-order valence-corrected chi connectivity index (χ0v) is 13.4. The van der Waals surface area contributed by atoms with Gasteiger partial charge in [0.2, 0.25) is 5.91 Å². The molecule has 2 aliphatic rings. The van der Waals surface area contributed by atoms with Crippen molar-refractivity contribution in [1.29, 1.82) is 0 Å². The number of aliphatic carboxylic acids is 1. The number of likely N-dealkylation sites (tertiary alicyclic amines) is 2. The van der Waals surface area contributed by atoms with E-state index >= 15 is 0 Å². The first-order valence-corrected chi connectivity index (χ1v) is 8.54. The lowest BCUT2D eigenvalue weighted by molar-refractivity contribution is -0.141. The molecule has 1 aromatic heterocycles. The van der Waals surface area contributed by atoms with E-state index in [0.29, 0.717) is 32.5 Å². The van der Waals surface area contributed by atoms with Gasteiger partial charge < -0.3 is 14.9 Å². The predicted molar refractivity (Wildman–Crippen MR) is 85.4 cm³/mol. The Morgan fingerprint density at radius 3 is 2.61 bits per heavy atom. The zero-order valence-electron chi connectivity index (χ0n) is 12.6. The van der Waals surface area contributed by atoms with Gasteiger partial charge in [-0.25, -0.2) is 4.79 Å². The third-order valence-electron chi connectivity index (χ3n) is 4.45. The second-order valence-electron chi connectivity index (χ2n) is 5.91. The van der Waals surface area contributed by atoms with Gasteiger partial charge in [-0.05, 0) is 30.4 Å². The molecule has 0 spiro atoms. The van der Waals surface area contributed by atoms with Crippen molar-refractivity contribution in [2.24, 2.45) is 5.92 Å². The highest BCUT2D eigenvalue weighted by Gasteiger charge is 2.39. The SMILES string of the molecule is O=C(O)C1CC(=O)N(C2CCN(C(=O)Nc3cccs3)CC2)C1. The van der Waals surface area contributed by atoms with Crippen LogP contribution in [-0.2, 0) is 9.59 Å². The van der Waals surface area contributed by atoms with E-state index < -0.39 is 11.9 Å². The van der Waals surface area contributed by atoms with Gasteiger partial charge in [0, 0.05) is 32.1 Å². The fourth-order valence-corrected chi connectivity index (χ4v) is 3.77. The second kappa shape index (κ2) is 6.57. The minimum absolute atomic E-state index is 0.0395. The van der Waals surface area contributed by atoms with Crippen LogP contribution in [0.25, 0.3) is 0 Å². The van der Waals surface area contributed by atoms with E-state index in [-0.39, 0.29) is 24.4 Å². The standard InChI is InChI=1S/C15H19N3O4S/c19-13-8-10(14(20)21)9-18(13)11-3-5-17(6-4-11)15(22)16-12-2-1-7-23-12/h1-2,7,10-11H,3-6,8-9H2,(H,16,22)(H,20,21). The molecular weight excluding hydrogens is 318 g/mol. The molecule has 2 N–H and O–H groups in total. The van der Waals surface area contributed by atoms with Gasteiger partial charge in [0.1, 0.15) is 0 Å². The number of carboxylic acids is 1. The molecule has 1 unspecified atom stereocenters. The van der Waals surface area contributed by atoms with E-state index in [2.05, 4.69) is 5.32 Å². The summed E-state index contributed by atoms with van der Waals surface area (Å²) in [6.45, 7) is 1.44. The highest BCUT2D eigenvalue weighted by molar-refractivity contribution is 7.14. The van der Waals surface area contributed by atoms with Gasteiger partial charge in [0.05, 0.1) is 10.9 Å². The number of hydrogen-bond donors (Lipinski definition) is 2. The topological polar surface area (TPSA) is 90.0 Å². The molecular formula is C15H19N3O4S. The quantitative estimate of drug-likeness (QED) is 0.878. The molecule has 124 valence electrons. The molecule has 3 heterocycles. The molecule has 23 heavy (non-hydrogen) atoms. The van der Waals surface area contributed by atoms with Gasteiger partial charge in [-0.15, -0.1) is 11.3 Å². The minimum Gasteiger partial charge on any atom is -0.481 e. The minimum atomic E-state index is -0.909. The smallest absolute Gasteiger partial charge is 0.322 e. The summed E-state index contributed by atoms with van der Waals surface area (Å²) in [5.41, 5.74) is 0. The number of nitrogens with zero attached hydrogens (tertiary/aromatic N) is 2. The lowest BCUT2D eigenvalue weighted by Crippen LogP contribution is -2.48. The Morgan fingerprint density at radius 2 is 2.04 bits per heavy atom. The summed E-state index contributed by atoms with van der Waals surface area (Å²) in [7, 11) is 0. The molecule has 3 amide bonds. The monoisotopic (exact) mass is 337 g/mol. The van der Waals surface area contributed by atoms with Crippen LogP contribution in [-0.4, -0.2) is 58.5 Å². The molecule has 1 atom stereocenters. The number of anilines is 1. The highest BCUT2D eigenvalue weighted by atomic mass is 32.1. The van der Waals surface area contributed by atoms with E-state index in [4.69, 9.17) is 5.11 Å². The summed E-state index contributed by atoms with van der Waals surface area (Å²) in [6, 6.07) is 3.65. The van der Waals surface area contributed by atoms with Crippen LogP contribution in [0, 0.1) is 5.92 Å². The lowest BCUT2D eigenvalue weighted by Gasteiger charge is -2.36. The van der Waals surface area contributed by atoms with Gasteiger partial charge in [0.25, 0.3) is 0 Å². The highest BCUT2D eigenvalue weighted by Crippen LogP contribution is 2.26. The summed E-state index contributed by atoms with van der Waals surface area (Å²) in [4.78, 5) is 38.6. The predicted octanol–water partition coefficient (Wildman–Crippen LogP) is 1.68. The van der Waals surface area contributed by atoms with Crippen molar-refractivity contribution < 1.29 is 19.5 Å². The lowest BCUT2D eigenvalue weighted by atomic mass is 10.0. The van der Waals surface area contributed by atoms with Crippen molar-refractivity contribution >= 4 is 34.2 Å². The maximum atomic E-state index is 12.2. The molecule has 0 aliphatic carbocycles. The van der Waals surface area contributed by atoms with Crippen molar-refractivity contribution in [1.82, 2.24) is 9.80 Å². The van der Waals surface area contributed by atoms with Crippen LogP contribution < -0.4 is 5.32 Å². The van der Waals surface area contributed by atoms with Crippen molar-refractivity contribution in [3.8, 4) is 0 Å². The summed E-state index contributed by atoms with van der Waals surface area (Å²) < 4.78 is 0. The van der Waals surface area contributed by atoms with Crippen LogP contribution in [0.4, 0.5) is 9.80 Å². The fraction of sp³-hybridized carbons (Fsp3) is 0.533. The molecule has 0 bridgehead atoms. The Kier molecular flexibility index (Phi) is 4.51. The van der Waals surface area contributed by atoms with Gasteiger partial charge in [-0.2, -0.15) is 0 Å². The van der Waals surface area contributed by atoms with Crippen LogP contribution >= 0.6 is 11.3 Å². The number of urea groups is 1. The van der Waals surface area contributed by atoms with E-state index in [1.54, 1.807) is 9.80 Å². The maximum Gasteiger partial charge on any atom is 0.322 e. The number of thiophene rings is 1. The fourth-order valence-electron chi connectivity index (χ4n) is 3.16. The van der Waals surface area contributed by atoms with Crippen LogP contribution in [0.5, 0.6) is 0 Å². The van der Waals surface area contributed by atoms with Gasteiger partial charge in [-0.3, -0.25) is 14.9 Å². The molecule has 2 saturated heterocycles. The Balaban J connectivity index is 1.51. The third kappa shape index (κ3) is 3.47. The molecule has 1 aromatic rings. The number of carboxylic acid groups (broad SMARTS) is 1. The van der Waals surface area contributed by atoms with Crippen LogP contribution in [0.1, 0.15) is 19.3 Å². The largest absolute Gasteiger partial charge is 0.481 e. The Labute approximate surface area is 137 Å². The Hall–Kier alpha value is -2.09.